The van der Waals surface area contributed by atoms with Crippen LogP contribution in [0, 0.1) is 12.8 Å². The van der Waals surface area contributed by atoms with Gasteiger partial charge in [0.2, 0.25) is 5.92 Å². The lowest BCUT2D eigenvalue weighted by atomic mass is 9.72. The second-order valence-corrected chi connectivity index (χ2v) is 8.50. The third kappa shape index (κ3) is 5.95. The van der Waals surface area contributed by atoms with Crippen molar-refractivity contribution in [3.05, 3.63) is 54.1 Å². The van der Waals surface area contributed by atoms with Crippen LogP contribution in [-0.2, 0) is 28.2 Å². The van der Waals surface area contributed by atoms with Gasteiger partial charge in [0.15, 0.2) is 5.60 Å². The van der Waals surface area contributed by atoms with Gasteiger partial charge < -0.3 is 26.8 Å². The Kier molecular flexibility index (Phi) is 9.40. The summed E-state index contributed by atoms with van der Waals surface area (Å²) in [5.41, 5.74) is -1.76. The van der Waals surface area contributed by atoms with E-state index in [4.69, 9.17) is 4.74 Å². The number of carbonyl (C=O) groups is 1. The highest BCUT2D eigenvalue weighted by molar-refractivity contribution is 5.81. The standard InChI is InChI=1S/C24H33F2N2O3.BrH/c1-3-13-27-15-16-28(19(27)2)14-8-17-31-22(29)24(30,20-9-5-4-6-10-20)21-11-7-12-23(25,26)18-21;/h4-6,9-10,15-16,21,30H,3,7-8,11-14,17-18H2,1-2H3;1H/q+1;/p-1/t21-,24+;/m1./s1. The number of hydrogen-bond acceptors (Lipinski definition) is 3. The summed E-state index contributed by atoms with van der Waals surface area (Å²) in [6, 6.07) is 8.34. The van der Waals surface area contributed by atoms with Crippen molar-refractivity contribution < 1.29 is 45.0 Å². The highest BCUT2D eigenvalue weighted by atomic mass is 79.9. The van der Waals surface area contributed by atoms with Crippen molar-refractivity contribution in [1.29, 1.82) is 0 Å². The van der Waals surface area contributed by atoms with E-state index in [1.165, 1.54) is 0 Å². The molecule has 1 aliphatic rings. The highest BCUT2D eigenvalue weighted by Gasteiger charge is 2.52. The molecule has 178 valence electrons. The number of aromatic nitrogens is 2. The topological polar surface area (TPSA) is 55.3 Å². The maximum Gasteiger partial charge on any atom is 0.343 e. The molecule has 1 saturated carbocycles. The Morgan fingerprint density at radius 1 is 1.34 bits per heavy atom. The SMILES string of the molecule is CCC[n+]1ccn(CCCOC(=O)[C@](O)(c2ccccc2)[C@@H]2CCCC(F)(F)C2)c1C.[Br-]. The molecule has 2 atom stereocenters. The summed E-state index contributed by atoms with van der Waals surface area (Å²) in [5, 5.41) is 11.4. The number of imidazole rings is 1. The van der Waals surface area contributed by atoms with E-state index in [1.54, 1.807) is 30.3 Å². The fourth-order valence-corrected chi connectivity index (χ4v) is 4.51. The van der Waals surface area contributed by atoms with E-state index in [9.17, 15) is 18.7 Å². The number of hydrogen-bond donors (Lipinski definition) is 1. The van der Waals surface area contributed by atoms with Gasteiger partial charge in [-0.15, -0.1) is 0 Å². The number of aryl methyl sites for hydroxylation is 2. The van der Waals surface area contributed by atoms with E-state index in [0.717, 1.165) is 18.8 Å². The van der Waals surface area contributed by atoms with E-state index in [1.807, 2.05) is 19.3 Å². The first-order valence-corrected chi connectivity index (χ1v) is 11.2. The lowest BCUT2D eigenvalue weighted by molar-refractivity contribution is -0.702. The van der Waals surface area contributed by atoms with Crippen molar-refractivity contribution in [1.82, 2.24) is 4.57 Å². The molecule has 1 fully saturated rings. The van der Waals surface area contributed by atoms with Gasteiger partial charge in [-0.2, -0.15) is 0 Å². The highest BCUT2D eigenvalue weighted by Crippen LogP contribution is 2.45. The van der Waals surface area contributed by atoms with Crippen molar-refractivity contribution in [2.75, 3.05) is 6.61 Å². The van der Waals surface area contributed by atoms with Gasteiger partial charge in [0.05, 0.1) is 19.7 Å². The average molecular weight is 515 g/mol. The molecule has 1 aliphatic carbocycles. The van der Waals surface area contributed by atoms with Crippen LogP contribution in [-0.4, -0.2) is 28.2 Å². The first kappa shape index (κ1) is 26.5. The van der Waals surface area contributed by atoms with Gasteiger partial charge in [-0.1, -0.05) is 37.3 Å². The Morgan fingerprint density at radius 3 is 2.72 bits per heavy atom. The van der Waals surface area contributed by atoms with Crippen molar-refractivity contribution in [2.45, 2.75) is 77.0 Å². The molecular weight excluding hydrogens is 482 g/mol. The molecule has 1 aromatic carbocycles. The molecule has 0 amide bonds. The minimum absolute atomic E-state index is 0. The summed E-state index contributed by atoms with van der Waals surface area (Å²) in [6.45, 7) is 5.89. The van der Waals surface area contributed by atoms with E-state index < -0.39 is 29.8 Å². The smallest absolute Gasteiger partial charge is 0.343 e. The van der Waals surface area contributed by atoms with Crippen LogP contribution in [0.25, 0.3) is 0 Å². The number of aliphatic hydroxyl groups is 1. The maximum atomic E-state index is 14.1. The van der Waals surface area contributed by atoms with Crippen molar-refractivity contribution >= 4 is 5.97 Å². The minimum Gasteiger partial charge on any atom is -1.00 e. The Morgan fingerprint density at radius 2 is 2.06 bits per heavy atom. The van der Waals surface area contributed by atoms with Crippen molar-refractivity contribution in [3.8, 4) is 0 Å². The minimum atomic E-state index is -2.88. The third-order valence-corrected chi connectivity index (χ3v) is 6.25. The number of rotatable bonds is 9. The maximum absolute atomic E-state index is 14.1. The Labute approximate surface area is 199 Å². The van der Waals surface area contributed by atoms with E-state index in [2.05, 4.69) is 16.1 Å². The molecule has 0 bridgehead atoms. The number of nitrogens with zero attached hydrogens (tertiary/aromatic N) is 2. The van der Waals surface area contributed by atoms with Gasteiger partial charge in [-0.05, 0) is 24.8 Å². The van der Waals surface area contributed by atoms with Crippen LogP contribution in [0.15, 0.2) is 42.7 Å². The molecule has 5 nitrogen and oxygen atoms in total. The van der Waals surface area contributed by atoms with Crippen molar-refractivity contribution in [2.24, 2.45) is 5.92 Å². The number of alkyl halides is 2. The Balaban J connectivity index is 0.00000363. The summed E-state index contributed by atoms with van der Waals surface area (Å²) < 4.78 is 37.9. The number of esters is 1. The Hall–Kier alpha value is -1.80. The van der Waals surface area contributed by atoms with Crippen LogP contribution >= 0.6 is 0 Å². The van der Waals surface area contributed by atoms with Crippen LogP contribution in [0.1, 0.15) is 56.8 Å². The lowest BCUT2D eigenvalue weighted by Crippen LogP contribution is -3.00. The largest absolute Gasteiger partial charge is 1.00 e. The molecule has 8 heteroatoms. The predicted octanol–water partition coefficient (Wildman–Crippen LogP) is 1.14. The van der Waals surface area contributed by atoms with Gasteiger partial charge in [-0.25, -0.2) is 22.7 Å². The second-order valence-electron chi connectivity index (χ2n) is 8.50. The molecule has 3 rings (SSSR count). The summed E-state index contributed by atoms with van der Waals surface area (Å²) in [4.78, 5) is 13.0. The zero-order valence-electron chi connectivity index (χ0n) is 18.8. The summed E-state index contributed by atoms with van der Waals surface area (Å²) in [7, 11) is 0. The fraction of sp³-hybridized carbons (Fsp3) is 0.583. The molecular formula is C24H33BrF2N2O3. The molecule has 0 unspecified atom stereocenters. The zero-order chi connectivity index (χ0) is 22.5. The van der Waals surface area contributed by atoms with E-state index in [0.29, 0.717) is 24.9 Å². The van der Waals surface area contributed by atoms with Gasteiger partial charge >= 0.3 is 5.97 Å². The van der Waals surface area contributed by atoms with Crippen molar-refractivity contribution in [3.63, 3.8) is 0 Å². The molecule has 0 aliphatic heterocycles. The Bertz CT molecular complexity index is 875. The van der Waals surface area contributed by atoms with Gasteiger partial charge in [0.1, 0.15) is 12.4 Å². The van der Waals surface area contributed by atoms with Crippen LogP contribution in [0.3, 0.4) is 0 Å². The average Bonchev–Trinajstić information content (AvgIpc) is 3.10. The van der Waals surface area contributed by atoms with Crippen LogP contribution in [0.2, 0.25) is 0 Å². The number of benzene rings is 1. The molecule has 32 heavy (non-hydrogen) atoms. The molecule has 1 heterocycles. The summed E-state index contributed by atoms with van der Waals surface area (Å²) in [6.07, 6.45) is 5.54. The molecule has 2 aromatic rings. The zero-order valence-corrected chi connectivity index (χ0v) is 20.4. The van der Waals surface area contributed by atoms with Gasteiger partial charge in [0, 0.05) is 32.1 Å². The molecule has 1 N–H and O–H groups in total. The molecule has 1 aromatic heterocycles. The molecule has 0 saturated heterocycles. The fourth-order valence-electron chi connectivity index (χ4n) is 4.51. The normalized spacial score (nSPS) is 19.6. The summed E-state index contributed by atoms with van der Waals surface area (Å²) >= 11 is 0. The molecule has 0 radical (unpaired) electrons. The van der Waals surface area contributed by atoms with Crippen LogP contribution < -0.4 is 21.5 Å². The van der Waals surface area contributed by atoms with E-state index >= 15 is 0 Å². The second kappa shape index (κ2) is 11.4. The molecule has 0 spiro atoms. The van der Waals surface area contributed by atoms with Crippen LogP contribution in [0.4, 0.5) is 8.78 Å². The summed E-state index contributed by atoms with van der Waals surface area (Å²) in [5.74, 6) is -3.48. The van der Waals surface area contributed by atoms with Gasteiger partial charge in [0.25, 0.3) is 5.82 Å². The number of ether oxygens (including phenoxy) is 1. The first-order chi connectivity index (χ1) is 14.8. The quantitative estimate of drug-likeness (QED) is 0.310. The van der Waals surface area contributed by atoms with E-state index in [-0.39, 0.29) is 36.4 Å². The lowest BCUT2D eigenvalue weighted by Gasteiger charge is -2.39. The van der Waals surface area contributed by atoms with Gasteiger partial charge in [-0.3, -0.25) is 0 Å². The predicted molar refractivity (Wildman–Crippen MR) is 112 cm³/mol. The number of halogens is 3. The number of carbonyl (C=O) groups excluding carboxylic acids is 1. The van der Waals surface area contributed by atoms with Crippen LogP contribution in [0.5, 0.6) is 0 Å². The first-order valence-electron chi connectivity index (χ1n) is 11.2. The third-order valence-electron chi connectivity index (χ3n) is 6.25. The monoisotopic (exact) mass is 514 g/mol.